The molecule has 2 aromatic carbocycles. The van der Waals surface area contributed by atoms with Gasteiger partial charge in [-0.1, -0.05) is 29.3 Å². The lowest BCUT2D eigenvalue weighted by molar-refractivity contribution is 0.594. The van der Waals surface area contributed by atoms with Crippen LogP contribution in [-0.2, 0) is 7.05 Å². The van der Waals surface area contributed by atoms with Crippen molar-refractivity contribution in [3.05, 3.63) is 74.4 Å². The van der Waals surface area contributed by atoms with Gasteiger partial charge in [0.1, 0.15) is 5.82 Å². The first-order valence-corrected chi connectivity index (χ1v) is 8.37. The Labute approximate surface area is 166 Å². The van der Waals surface area contributed by atoms with Gasteiger partial charge in [0, 0.05) is 36.4 Å². The number of halogens is 4. The highest BCUT2D eigenvalue weighted by Gasteiger charge is 2.20. The fraction of sp³-hybridized carbons (Fsp3) is 0.167. The number of aryl methyl sites for hydroxylation is 1. The molecule has 0 saturated heterocycles. The minimum Gasteiger partial charge on any atom is -0.377 e. The van der Waals surface area contributed by atoms with E-state index in [0.717, 1.165) is 5.39 Å². The van der Waals surface area contributed by atoms with Crippen LogP contribution in [0.4, 0.5) is 10.1 Å². The van der Waals surface area contributed by atoms with E-state index in [-0.39, 0.29) is 40.1 Å². The second-order valence-corrected chi connectivity index (χ2v) is 6.51. The van der Waals surface area contributed by atoms with Crippen molar-refractivity contribution >= 4 is 52.1 Å². The second kappa shape index (κ2) is 8.27. The van der Waals surface area contributed by atoms with Crippen molar-refractivity contribution in [2.75, 3.05) is 11.9 Å². The van der Waals surface area contributed by atoms with Crippen LogP contribution in [0.3, 0.4) is 0 Å². The molecule has 138 valence electrons. The number of nitrogens with two attached hydrogens (primary N) is 1. The van der Waals surface area contributed by atoms with Crippen LogP contribution in [0.1, 0.15) is 11.6 Å². The van der Waals surface area contributed by atoms with Crippen LogP contribution < -0.4 is 16.6 Å². The minimum atomic E-state index is -0.587. The zero-order chi connectivity index (χ0) is 18.1. The number of benzene rings is 2. The van der Waals surface area contributed by atoms with E-state index < -0.39 is 11.9 Å². The molecule has 26 heavy (non-hydrogen) atoms. The highest BCUT2D eigenvalue weighted by molar-refractivity contribution is 6.42. The molecule has 0 radical (unpaired) electrons. The number of nitrogens with zero attached hydrogens (tertiary/aromatic N) is 1. The molecular weight excluding hydrogens is 400 g/mol. The molecule has 4 nitrogen and oxygen atoms in total. The zero-order valence-electron chi connectivity index (χ0n) is 13.8. The minimum absolute atomic E-state index is 0. The van der Waals surface area contributed by atoms with Gasteiger partial charge < -0.3 is 15.6 Å². The smallest absolute Gasteiger partial charge is 0.258 e. The van der Waals surface area contributed by atoms with Crippen LogP contribution in [0, 0.1) is 5.82 Å². The lowest BCUT2D eigenvalue weighted by Crippen LogP contribution is -2.22. The lowest BCUT2D eigenvalue weighted by atomic mass is 10.0. The summed E-state index contributed by atoms with van der Waals surface area (Å²) >= 11 is 12.2. The molecule has 0 spiro atoms. The van der Waals surface area contributed by atoms with Crippen molar-refractivity contribution < 1.29 is 4.39 Å². The van der Waals surface area contributed by atoms with Gasteiger partial charge in [0.2, 0.25) is 0 Å². The highest BCUT2D eigenvalue weighted by Crippen LogP contribution is 2.33. The summed E-state index contributed by atoms with van der Waals surface area (Å²) in [6.07, 6.45) is 1.71. The summed E-state index contributed by atoms with van der Waals surface area (Å²) < 4.78 is 15.7. The number of fused-ring (bicyclic) bond motifs is 1. The van der Waals surface area contributed by atoms with Crippen LogP contribution >= 0.6 is 35.6 Å². The largest absolute Gasteiger partial charge is 0.377 e. The Balaban J connectivity index is 0.00000243. The average molecular weight is 417 g/mol. The predicted molar refractivity (Wildman–Crippen MR) is 108 cm³/mol. The summed E-state index contributed by atoms with van der Waals surface area (Å²) in [7, 11) is 1.69. The van der Waals surface area contributed by atoms with Gasteiger partial charge in [0.15, 0.2) is 0 Å². The molecule has 0 fully saturated rings. The van der Waals surface area contributed by atoms with E-state index in [1.165, 1.54) is 16.7 Å². The first-order chi connectivity index (χ1) is 11.9. The topological polar surface area (TPSA) is 60.1 Å². The number of nitrogens with one attached hydrogen (secondary N) is 1. The van der Waals surface area contributed by atoms with Crippen molar-refractivity contribution in [1.82, 2.24) is 4.57 Å². The summed E-state index contributed by atoms with van der Waals surface area (Å²) in [4.78, 5) is 12.3. The van der Waals surface area contributed by atoms with E-state index in [1.807, 2.05) is 12.1 Å². The van der Waals surface area contributed by atoms with Gasteiger partial charge in [0.25, 0.3) is 5.56 Å². The second-order valence-electron chi connectivity index (χ2n) is 5.72. The molecular formula is C18H17Cl3FN3O. The molecule has 0 saturated carbocycles. The molecule has 1 aromatic heterocycles. The number of hydrogen-bond donors (Lipinski definition) is 2. The summed E-state index contributed by atoms with van der Waals surface area (Å²) in [6.45, 7) is 0.0990. The van der Waals surface area contributed by atoms with Crippen LogP contribution in [0.2, 0.25) is 10.0 Å². The fourth-order valence-electron chi connectivity index (χ4n) is 2.74. The van der Waals surface area contributed by atoms with Crippen molar-refractivity contribution in [2.45, 2.75) is 6.04 Å². The molecule has 1 atom stereocenters. The fourth-order valence-corrected chi connectivity index (χ4v) is 3.19. The number of anilines is 1. The maximum absolute atomic E-state index is 14.2. The molecule has 0 bridgehead atoms. The lowest BCUT2D eigenvalue weighted by Gasteiger charge is -2.21. The number of aromatic nitrogens is 1. The highest BCUT2D eigenvalue weighted by atomic mass is 35.5. The van der Waals surface area contributed by atoms with Gasteiger partial charge in [-0.05, 0) is 35.7 Å². The quantitative estimate of drug-likeness (QED) is 0.615. The third-order valence-electron chi connectivity index (χ3n) is 4.09. The summed E-state index contributed by atoms with van der Waals surface area (Å²) in [5.41, 5.74) is 6.54. The van der Waals surface area contributed by atoms with E-state index in [4.69, 9.17) is 28.9 Å². The Morgan fingerprint density at radius 3 is 2.65 bits per heavy atom. The van der Waals surface area contributed by atoms with Gasteiger partial charge in [-0.3, -0.25) is 4.79 Å². The monoisotopic (exact) mass is 415 g/mol. The van der Waals surface area contributed by atoms with Crippen molar-refractivity contribution in [1.29, 1.82) is 0 Å². The number of hydrogen-bond acceptors (Lipinski definition) is 3. The van der Waals surface area contributed by atoms with Gasteiger partial charge in [-0.2, -0.15) is 0 Å². The molecule has 0 aliphatic rings. The van der Waals surface area contributed by atoms with E-state index >= 15 is 0 Å². The molecule has 8 heteroatoms. The SMILES string of the molecule is Cl.Cn1ccc2ccc(NC(CN)c3c(F)ccc(Cl)c3Cl)cc2c1=O. The first-order valence-electron chi connectivity index (χ1n) is 7.61. The van der Waals surface area contributed by atoms with Crippen LogP contribution in [0.15, 0.2) is 47.4 Å². The Morgan fingerprint density at radius 2 is 1.96 bits per heavy atom. The maximum Gasteiger partial charge on any atom is 0.258 e. The zero-order valence-corrected chi connectivity index (χ0v) is 16.1. The average Bonchev–Trinajstić information content (AvgIpc) is 2.61. The van der Waals surface area contributed by atoms with Gasteiger partial charge in [0.05, 0.1) is 16.1 Å². The molecule has 0 aliphatic carbocycles. The predicted octanol–water partition coefficient (Wildman–Crippen LogP) is 4.52. The Kier molecular flexibility index (Phi) is 6.53. The number of rotatable bonds is 4. The Bertz CT molecular complexity index is 1010. The molecule has 1 heterocycles. The molecule has 0 aliphatic heterocycles. The summed E-state index contributed by atoms with van der Waals surface area (Å²) in [5, 5.41) is 4.90. The molecule has 3 rings (SSSR count). The summed E-state index contributed by atoms with van der Waals surface area (Å²) in [5.74, 6) is -0.492. The van der Waals surface area contributed by atoms with Crippen LogP contribution in [0.5, 0.6) is 0 Å². The molecule has 1 unspecified atom stereocenters. The molecule has 0 amide bonds. The first kappa shape index (κ1) is 20.5. The Hall–Kier alpha value is -1.79. The maximum atomic E-state index is 14.2. The van der Waals surface area contributed by atoms with Crippen molar-refractivity contribution in [3.63, 3.8) is 0 Å². The third-order valence-corrected chi connectivity index (χ3v) is 4.91. The third kappa shape index (κ3) is 3.81. The van der Waals surface area contributed by atoms with E-state index in [2.05, 4.69) is 5.32 Å². The van der Waals surface area contributed by atoms with Crippen molar-refractivity contribution in [3.8, 4) is 0 Å². The molecule has 3 aromatic rings. The van der Waals surface area contributed by atoms with E-state index in [1.54, 1.807) is 25.4 Å². The van der Waals surface area contributed by atoms with Gasteiger partial charge in [-0.15, -0.1) is 12.4 Å². The van der Waals surface area contributed by atoms with E-state index in [0.29, 0.717) is 11.1 Å². The Morgan fingerprint density at radius 1 is 1.23 bits per heavy atom. The van der Waals surface area contributed by atoms with Crippen LogP contribution in [0.25, 0.3) is 10.8 Å². The normalized spacial score (nSPS) is 11.9. The van der Waals surface area contributed by atoms with Crippen LogP contribution in [-0.4, -0.2) is 11.1 Å². The number of pyridine rings is 1. The van der Waals surface area contributed by atoms with Gasteiger partial charge >= 0.3 is 0 Å². The summed E-state index contributed by atoms with van der Waals surface area (Å²) in [6, 6.07) is 9.27. The van der Waals surface area contributed by atoms with E-state index in [9.17, 15) is 9.18 Å². The molecule has 3 N–H and O–H groups in total. The van der Waals surface area contributed by atoms with Gasteiger partial charge in [-0.25, -0.2) is 4.39 Å². The van der Waals surface area contributed by atoms with Crippen molar-refractivity contribution in [2.24, 2.45) is 12.8 Å². The standard InChI is InChI=1S/C18H16Cl2FN3O.ClH/c1-24-7-6-10-2-3-11(8-12(10)18(24)25)23-15(9-22)16-14(21)5-4-13(19)17(16)20;/h2-8,15,23H,9,22H2,1H3;1H.